The van der Waals surface area contributed by atoms with Crippen LogP contribution in [0.15, 0.2) is 18.2 Å². The van der Waals surface area contributed by atoms with E-state index in [0.717, 1.165) is 0 Å². The van der Waals surface area contributed by atoms with Gasteiger partial charge in [-0.1, -0.05) is 6.07 Å². The lowest BCUT2D eigenvalue weighted by Crippen LogP contribution is -2.22. The van der Waals surface area contributed by atoms with Crippen molar-refractivity contribution in [1.82, 2.24) is 4.98 Å². The van der Waals surface area contributed by atoms with Crippen molar-refractivity contribution in [2.45, 2.75) is 12.2 Å². The molecule has 0 bridgehead atoms. The van der Waals surface area contributed by atoms with Gasteiger partial charge in [-0.15, -0.1) is 0 Å². The molecule has 0 aliphatic carbocycles. The molecule has 1 aromatic rings. The van der Waals surface area contributed by atoms with E-state index in [9.17, 15) is 14.6 Å². The van der Waals surface area contributed by atoms with Gasteiger partial charge in [-0.2, -0.15) is 4.39 Å². The Kier molecular flexibility index (Phi) is 2.35. The van der Waals surface area contributed by atoms with E-state index in [1.54, 1.807) is 17.0 Å². The first-order valence-electron chi connectivity index (χ1n) is 4.40. The van der Waals surface area contributed by atoms with Crippen LogP contribution in [0.1, 0.15) is 0 Å². The van der Waals surface area contributed by atoms with Crippen molar-refractivity contribution < 1.29 is 14.6 Å². The van der Waals surface area contributed by atoms with Crippen LogP contribution in [-0.2, 0) is 0 Å². The number of anilines is 1. The van der Waals surface area contributed by atoms with E-state index in [4.69, 9.17) is 0 Å². The summed E-state index contributed by atoms with van der Waals surface area (Å²) in [6.07, 6.45) is -1.56. The molecule has 0 amide bonds. The molecule has 5 heteroatoms. The van der Waals surface area contributed by atoms with Gasteiger partial charge in [0.1, 0.15) is 5.82 Å². The summed E-state index contributed by atoms with van der Waals surface area (Å²) in [6.45, 7) is 0.579. The second kappa shape index (κ2) is 3.51. The lowest BCUT2D eigenvalue weighted by molar-refractivity contribution is 0.0572. The molecule has 2 unspecified atom stereocenters. The highest BCUT2D eigenvalue weighted by Gasteiger charge is 2.30. The molecule has 2 rings (SSSR count). The maximum absolute atomic E-state index is 12.8. The molecule has 1 saturated heterocycles. The van der Waals surface area contributed by atoms with Gasteiger partial charge in [0.15, 0.2) is 0 Å². The molecule has 1 aliphatic heterocycles. The Balaban J connectivity index is 2.17. The van der Waals surface area contributed by atoms with Crippen molar-refractivity contribution >= 4 is 5.82 Å². The molecule has 0 spiro atoms. The van der Waals surface area contributed by atoms with E-state index in [2.05, 4.69) is 4.98 Å². The number of hydrogen-bond donors (Lipinski definition) is 2. The molecule has 2 heterocycles. The fourth-order valence-electron chi connectivity index (χ4n) is 1.53. The molecule has 2 N–H and O–H groups in total. The third kappa shape index (κ3) is 1.69. The second-order valence-electron chi connectivity index (χ2n) is 3.36. The summed E-state index contributed by atoms with van der Waals surface area (Å²) in [4.78, 5) is 5.31. The van der Waals surface area contributed by atoms with Gasteiger partial charge in [-0.25, -0.2) is 4.98 Å². The molecule has 2 atom stereocenters. The minimum absolute atomic E-state index is 0.289. The highest BCUT2D eigenvalue weighted by Crippen LogP contribution is 2.18. The number of β-amino-alcohol motifs (C(OH)–C–C–N with tert-alkyl or cyclic N) is 2. The smallest absolute Gasteiger partial charge is 0.214 e. The van der Waals surface area contributed by atoms with Crippen LogP contribution in [0.2, 0.25) is 0 Å². The maximum Gasteiger partial charge on any atom is 0.214 e. The van der Waals surface area contributed by atoms with Crippen LogP contribution in [-0.4, -0.2) is 40.5 Å². The Hall–Kier alpha value is -1.20. The number of rotatable bonds is 1. The zero-order valence-electron chi connectivity index (χ0n) is 7.47. The number of aliphatic hydroxyl groups excluding tert-OH is 2. The summed E-state index contributed by atoms with van der Waals surface area (Å²) in [5, 5.41) is 18.6. The quantitative estimate of drug-likeness (QED) is 0.612. The average Bonchev–Trinajstić information content (AvgIpc) is 2.47. The fourth-order valence-corrected chi connectivity index (χ4v) is 1.53. The summed E-state index contributed by atoms with van der Waals surface area (Å²) in [7, 11) is 0. The monoisotopic (exact) mass is 198 g/mol. The van der Waals surface area contributed by atoms with Gasteiger partial charge in [0.05, 0.1) is 12.2 Å². The molecule has 0 saturated carbocycles. The highest BCUT2D eigenvalue weighted by atomic mass is 19.1. The fraction of sp³-hybridized carbons (Fsp3) is 0.444. The Bertz CT molecular complexity index is 324. The van der Waals surface area contributed by atoms with Crippen molar-refractivity contribution in [3.63, 3.8) is 0 Å². The van der Waals surface area contributed by atoms with Gasteiger partial charge in [0, 0.05) is 13.1 Å². The SMILES string of the molecule is OC1CN(c2cccc(F)n2)CC1O. The van der Waals surface area contributed by atoms with Crippen molar-refractivity contribution in [1.29, 1.82) is 0 Å². The number of aromatic nitrogens is 1. The van der Waals surface area contributed by atoms with Crippen molar-refractivity contribution in [3.8, 4) is 0 Å². The van der Waals surface area contributed by atoms with Gasteiger partial charge >= 0.3 is 0 Å². The largest absolute Gasteiger partial charge is 0.389 e. The first kappa shape index (κ1) is 9.36. The van der Waals surface area contributed by atoms with Crippen LogP contribution < -0.4 is 4.90 Å². The highest BCUT2D eigenvalue weighted by molar-refractivity contribution is 5.40. The predicted octanol–water partition coefficient (Wildman–Crippen LogP) is -0.237. The van der Waals surface area contributed by atoms with E-state index in [1.165, 1.54) is 6.07 Å². The summed E-state index contributed by atoms with van der Waals surface area (Å²) < 4.78 is 12.8. The van der Waals surface area contributed by atoms with Crippen LogP contribution in [0.3, 0.4) is 0 Å². The van der Waals surface area contributed by atoms with Gasteiger partial charge in [-0.05, 0) is 12.1 Å². The molecule has 1 aliphatic rings. The summed E-state index contributed by atoms with van der Waals surface area (Å²) >= 11 is 0. The predicted molar refractivity (Wildman–Crippen MR) is 48.4 cm³/mol. The van der Waals surface area contributed by atoms with Gasteiger partial charge in [0.2, 0.25) is 5.95 Å². The normalized spacial score (nSPS) is 26.9. The van der Waals surface area contributed by atoms with Crippen LogP contribution in [0, 0.1) is 5.95 Å². The Morgan fingerprint density at radius 1 is 1.29 bits per heavy atom. The average molecular weight is 198 g/mol. The van der Waals surface area contributed by atoms with E-state index < -0.39 is 18.2 Å². The lowest BCUT2D eigenvalue weighted by Gasteiger charge is -2.15. The molecule has 76 valence electrons. The molecule has 14 heavy (non-hydrogen) atoms. The number of aliphatic hydroxyl groups is 2. The Labute approximate surface area is 80.6 Å². The molecular formula is C9H11FN2O2. The van der Waals surface area contributed by atoms with Gasteiger partial charge in [0.25, 0.3) is 0 Å². The van der Waals surface area contributed by atoms with E-state index >= 15 is 0 Å². The molecule has 1 fully saturated rings. The number of pyridine rings is 1. The van der Waals surface area contributed by atoms with Crippen molar-refractivity contribution in [2.24, 2.45) is 0 Å². The van der Waals surface area contributed by atoms with Crippen molar-refractivity contribution in [3.05, 3.63) is 24.1 Å². The first-order valence-corrected chi connectivity index (χ1v) is 4.40. The number of halogens is 1. The summed E-state index contributed by atoms with van der Waals surface area (Å²) in [5.74, 6) is -0.112. The summed E-state index contributed by atoms with van der Waals surface area (Å²) in [6, 6.07) is 4.45. The third-order valence-corrected chi connectivity index (χ3v) is 2.28. The number of hydrogen-bond acceptors (Lipinski definition) is 4. The molecular weight excluding hydrogens is 187 g/mol. The van der Waals surface area contributed by atoms with Crippen LogP contribution in [0.4, 0.5) is 10.2 Å². The maximum atomic E-state index is 12.8. The lowest BCUT2D eigenvalue weighted by atomic mass is 10.3. The van der Waals surface area contributed by atoms with E-state index in [-0.39, 0.29) is 13.1 Å². The molecule has 1 aromatic heterocycles. The molecule has 0 radical (unpaired) electrons. The van der Waals surface area contributed by atoms with E-state index in [1.807, 2.05) is 0 Å². The third-order valence-electron chi connectivity index (χ3n) is 2.28. The molecule has 0 aromatic carbocycles. The minimum Gasteiger partial charge on any atom is -0.389 e. The van der Waals surface area contributed by atoms with Crippen molar-refractivity contribution in [2.75, 3.05) is 18.0 Å². The van der Waals surface area contributed by atoms with Gasteiger partial charge < -0.3 is 15.1 Å². The first-order chi connectivity index (χ1) is 6.66. The minimum atomic E-state index is -0.778. The molecule has 4 nitrogen and oxygen atoms in total. The summed E-state index contributed by atoms with van der Waals surface area (Å²) in [5.41, 5.74) is 0. The zero-order valence-corrected chi connectivity index (χ0v) is 7.47. The second-order valence-corrected chi connectivity index (χ2v) is 3.36. The topological polar surface area (TPSA) is 56.6 Å². The zero-order chi connectivity index (χ0) is 10.1. The Morgan fingerprint density at radius 2 is 1.93 bits per heavy atom. The Morgan fingerprint density at radius 3 is 2.50 bits per heavy atom. The van der Waals surface area contributed by atoms with Crippen LogP contribution >= 0.6 is 0 Å². The van der Waals surface area contributed by atoms with E-state index in [0.29, 0.717) is 5.82 Å². The standard InChI is InChI=1S/C9H11FN2O2/c10-8-2-1-3-9(11-8)12-4-6(13)7(14)5-12/h1-3,6-7,13-14H,4-5H2. The van der Waals surface area contributed by atoms with Gasteiger partial charge in [-0.3, -0.25) is 0 Å². The van der Waals surface area contributed by atoms with Crippen LogP contribution in [0.25, 0.3) is 0 Å². The van der Waals surface area contributed by atoms with Crippen LogP contribution in [0.5, 0.6) is 0 Å². The number of nitrogens with zero attached hydrogens (tertiary/aromatic N) is 2.